The van der Waals surface area contributed by atoms with Crippen LogP contribution in [0.5, 0.6) is 5.75 Å². The number of carbonyl (C=O) groups is 1. The first-order valence-corrected chi connectivity index (χ1v) is 9.27. The third-order valence-corrected chi connectivity index (χ3v) is 4.39. The molecule has 144 valence electrons. The molecule has 0 radical (unpaired) electrons. The van der Waals surface area contributed by atoms with Gasteiger partial charge in [-0.3, -0.25) is 9.79 Å². The number of halogens is 1. The second-order valence-electron chi connectivity index (χ2n) is 6.35. The van der Waals surface area contributed by atoms with Crippen molar-refractivity contribution in [1.82, 2.24) is 15.5 Å². The molecule has 1 fully saturated rings. The van der Waals surface area contributed by atoms with Crippen LogP contribution in [0.1, 0.15) is 32.6 Å². The van der Waals surface area contributed by atoms with Gasteiger partial charge >= 0.3 is 0 Å². The monoisotopic (exact) mass is 364 g/mol. The summed E-state index contributed by atoms with van der Waals surface area (Å²) in [7, 11) is 1.66. The van der Waals surface area contributed by atoms with Crippen molar-refractivity contribution in [3.8, 4) is 5.75 Å². The van der Waals surface area contributed by atoms with Gasteiger partial charge in [0.15, 0.2) is 5.96 Å². The summed E-state index contributed by atoms with van der Waals surface area (Å²) in [5.74, 6) is 0.827. The van der Waals surface area contributed by atoms with Crippen LogP contribution in [0, 0.1) is 5.82 Å². The molecule has 1 unspecified atom stereocenters. The van der Waals surface area contributed by atoms with Gasteiger partial charge in [-0.15, -0.1) is 0 Å². The van der Waals surface area contributed by atoms with Crippen molar-refractivity contribution in [1.29, 1.82) is 0 Å². The Hall–Kier alpha value is -2.31. The highest BCUT2D eigenvalue weighted by Crippen LogP contribution is 2.14. The van der Waals surface area contributed by atoms with E-state index in [1.54, 1.807) is 19.2 Å². The molecule has 2 N–H and O–H groups in total. The molecule has 1 aromatic carbocycles. The van der Waals surface area contributed by atoms with E-state index in [0.29, 0.717) is 18.3 Å². The van der Waals surface area contributed by atoms with Crippen LogP contribution < -0.4 is 15.4 Å². The molecule has 0 aliphatic carbocycles. The van der Waals surface area contributed by atoms with Gasteiger partial charge in [0.2, 0.25) is 5.91 Å². The molecule has 0 saturated carbocycles. The van der Waals surface area contributed by atoms with Crippen molar-refractivity contribution in [3.63, 3.8) is 0 Å². The summed E-state index contributed by atoms with van der Waals surface area (Å²) in [6.07, 6.45) is 3.98. The van der Waals surface area contributed by atoms with Gasteiger partial charge in [-0.2, -0.15) is 0 Å². The lowest BCUT2D eigenvalue weighted by Gasteiger charge is -2.27. The summed E-state index contributed by atoms with van der Waals surface area (Å²) in [6.45, 7) is 4.41. The van der Waals surface area contributed by atoms with E-state index >= 15 is 0 Å². The van der Waals surface area contributed by atoms with Gasteiger partial charge in [-0.25, -0.2) is 4.39 Å². The molecule has 1 aliphatic heterocycles. The first kappa shape index (κ1) is 20.0. The third kappa shape index (κ3) is 6.54. The number of benzene rings is 1. The summed E-state index contributed by atoms with van der Waals surface area (Å²) in [5.41, 5.74) is 0. The van der Waals surface area contributed by atoms with Crippen LogP contribution in [-0.4, -0.2) is 56.1 Å². The Morgan fingerprint density at radius 3 is 2.73 bits per heavy atom. The van der Waals surface area contributed by atoms with Crippen LogP contribution in [0.2, 0.25) is 0 Å². The molecular formula is C19H29FN4O2. The number of hydrogen-bond donors (Lipinski definition) is 2. The predicted molar refractivity (Wildman–Crippen MR) is 101 cm³/mol. The normalized spacial score (nSPS) is 16.1. The lowest BCUT2D eigenvalue weighted by molar-refractivity contribution is -0.130. The molecule has 1 heterocycles. The number of hydrogen-bond acceptors (Lipinski definition) is 3. The second-order valence-corrected chi connectivity index (χ2v) is 6.35. The highest BCUT2D eigenvalue weighted by Gasteiger charge is 2.16. The Kier molecular flexibility index (Phi) is 8.18. The number of nitrogens with zero attached hydrogens (tertiary/aromatic N) is 2. The molecule has 0 aromatic heterocycles. The smallest absolute Gasteiger partial charge is 0.241 e. The van der Waals surface area contributed by atoms with Crippen molar-refractivity contribution in [2.24, 2.45) is 4.99 Å². The van der Waals surface area contributed by atoms with Gasteiger partial charge in [0.1, 0.15) is 17.7 Å². The minimum atomic E-state index is -0.320. The number of amides is 1. The van der Waals surface area contributed by atoms with Crippen molar-refractivity contribution in [3.05, 3.63) is 30.1 Å². The second kappa shape index (κ2) is 10.6. The number of likely N-dealkylation sites (tertiary alicyclic amines) is 1. The third-order valence-electron chi connectivity index (χ3n) is 4.39. The maximum atomic E-state index is 13.3. The van der Waals surface area contributed by atoms with Crippen LogP contribution in [-0.2, 0) is 4.79 Å². The van der Waals surface area contributed by atoms with Crippen molar-refractivity contribution in [2.45, 2.75) is 38.7 Å². The first-order valence-electron chi connectivity index (χ1n) is 9.27. The maximum Gasteiger partial charge on any atom is 0.241 e. The molecule has 6 nitrogen and oxygen atoms in total. The lowest BCUT2D eigenvalue weighted by atomic mass is 10.1. The van der Waals surface area contributed by atoms with Crippen LogP contribution in [0.3, 0.4) is 0 Å². The SMILES string of the molecule is CCC(CNC(=NC)NCC(=O)N1CCCCC1)Oc1cccc(F)c1. The minimum absolute atomic E-state index is 0.0932. The summed E-state index contributed by atoms with van der Waals surface area (Å²) in [5, 5.41) is 6.21. The van der Waals surface area contributed by atoms with Crippen molar-refractivity contribution >= 4 is 11.9 Å². The fourth-order valence-electron chi connectivity index (χ4n) is 2.85. The number of rotatable bonds is 7. The van der Waals surface area contributed by atoms with E-state index < -0.39 is 0 Å². The van der Waals surface area contributed by atoms with Crippen LogP contribution in [0.15, 0.2) is 29.3 Å². The average molecular weight is 364 g/mol. The molecule has 26 heavy (non-hydrogen) atoms. The summed E-state index contributed by atoms with van der Waals surface area (Å²) in [6, 6.07) is 6.11. The zero-order valence-electron chi connectivity index (χ0n) is 15.6. The van der Waals surface area contributed by atoms with Gasteiger partial charge < -0.3 is 20.3 Å². The minimum Gasteiger partial charge on any atom is -0.489 e. The van der Waals surface area contributed by atoms with Crippen LogP contribution in [0.4, 0.5) is 4.39 Å². The number of guanidine groups is 1. The Balaban J connectivity index is 1.76. The molecule has 0 spiro atoms. The fourth-order valence-corrected chi connectivity index (χ4v) is 2.85. The van der Waals surface area contributed by atoms with Crippen LogP contribution in [0.25, 0.3) is 0 Å². The Morgan fingerprint density at radius 1 is 1.31 bits per heavy atom. The van der Waals surface area contributed by atoms with E-state index in [4.69, 9.17) is 4.74 Å². The molecule has 2 rings (SSSR count). The van der Waals surface area contributed by atoms with Crippen molar-refractivity contribution < 1.29 is 13.9 Å². The number of piperidine rings is 1. The largest absolute Gasteiger partial charge is 0.489 e. The molecule has 1 aromatic rings. The van der Waals surface area contributed by atoms with Crippen LogP contribution >= 0.6 is 0 Å². The quantitative estimate of drug-likeness (QED) is 0.575. The Morgan fingerprint density at radius 2 is 2.08 bits per heavy atom. The Labute approximate surface area is 154 Å². The highest BCUT2D eigenvalue weighted by molar-refractivity contribution is 5.86. The standard InChI is InChI=1S/C19H29FN4O2/c1-3-16(26-17-9-7-8-15(20)12-17)13-22-19(21-2)23-14-18(25)24-10-5-4-6-11-24/h7-9,12,16H,3-6,10-11,13-14H2,1-2H3,(H2,21,22,23). The zero-order chi connectivity index (χ0) is 18.8. The summed E-state index contributed by atoms with van der Waals surface area (Å²) >= 11 is 0. The molecule has 1 atom stereocenters. The van der Waals surface area contributed by atoms with E-state index in [1.165, 1.54) is 18.6 Å². The maximum absolute atomic E-state index is 13.3. The van der Waals surface area contributed by atoms with E-state index in [0.717, 1.165) is 32.4 Å². The molecule has 1 saturated heterocycles. The van der Waals surface area contributed by atoms with Gasteiger partial charge in [0.05, 0.1) is 13.1 Å². The summed E-state index contributed by atoms with van der Waals surface area (Å²) < 4.78 is 19.1. The first-order chi connectivity index (χ1) is 12.6. The van der Waals surface area contributed by atoms with E-state index in [1.807, 2.05) is 11.8 Å². The predicted octanol–water partition coefficient (Wildman–Crippen LogP) is 2.16. The van der Waals surface area contributed by atoms with E-state index in [2.05, 4.69) is 15.6 Å². The number of ether oxygens (including phenoxy) is 1. The molecule has 0 bridgehead atoms. The molecular weight excluding hydrogens is 335 g/mol. The van der Waals surface area contributed by atoms with Gasteiger partial charge in [-0.05, 0) is 37.8 Å². The zero-order valence-corrected chi connectivity index (χ0v) is 15.6. The van der Waals surface area contributed by atoms with Gasteiger partial charge in [0.25, 0.3) is 0 Å². The number of nitrogens with one attached hydrogen (secondary N) is 2. The molecule has 1 aliphatic rings. The van der Waals surface area contributed by atoms with E-state index in [-0.39, 0.29) is 24.4 Å². The average Bonchev–Trinajstić information content (AvgIpc) is 2.67. The number of carbonyl (C=O) groups excluding carboxylic acids is 1. The lowest BCUT2D eigenvalue weighted by Crippen LogP contribution is -2.47. The number of aliphatic imine (C=N–C) groups is 1. The topological polar surface area (TPSA) is 66.0 Å². The van der Waals surface area contributed by atoms with Gasteiger partial charge in [-0.1, -0.05) is 13.0 Å². The highest BCUT2D eigenvalue weighted by atomic mass is 19.1. The summed E-state index contributed by atoms with van der Waals surface area (Å²) in [4.78, 5) is 18.2. The van der Waals surface area contributed by atoms with Gasteiger partial charge in [0, 0.05) is 26.2 Å². The molecule has 1 amide bonds. The van der Waals surface area contributed by atoms with Crippen molar-refractivity contribution in [2.75, 3.05) is 33.2 Å². The Bertz CT molecular complexity index is 603. The van der Waals surface area contributed by atoms with E-state index in [9.17, 15) is 9.18 Å². The fraction of sp³-hybridized carbons (Fsp3) is 0.579. The molecule has 7 heteroatoms.